The summed E-state index contributed by atoms with van der Waals surface area (Å²) in [7, 11) is 0. The van der Waals surface area contributed by atoms with Gasteiger partial charge in [0, 0.05) is 36.4 Å². The van der Waals surface area contributed by atoms with Crippen LogP contribution >= 0.6 is 11.6 Å². The number of benzene rings is 2. The van der Waals surface area contributed by atoms with Crippen molar-refractivity contribution in [3.8, 4) is 5.75 Å². The van der Waals surface area contributed by atoms with Gasteiger partial charge in [0.15, 0.2) is 0 Å². The van der Waals surface area contributed by atoms with E-state index in [0.717, 1.165) is 74.6 Å². The van der Waals surface area contributed by atoms with Crippen molar-refractivity contribution in [2.45, 2.75) is 38.0 Å². The predicted molar refractivity (Wildman–Crippen MR) is 126 cm³/mol. The summed E-state index contributed by atoms with van der Waals surface area (Å²) in [4.78, 5) is 28.8. The van der Waals surface area contributed by atoms with Gasteiger partial charge in [0.25, 0.3) is 0 Å². The molecule has 2 amide bonds. The van der Waals surface area contributed by atoms with Gasteiger partial charge in [0.05, 0.1) is 5.41 Å². The summed E-state index contributed by atoms with van der Waals surface area (Å²) < 4.78 is 6.04. The van der Waals surface area contributed by atoms with E-state index >= 15 is 0 Å². The van der Waals surface area contributed by atoms with Gasteiger partial charge in [-0.05, 0) is 86.3 Å². The molecule has 0 radical (unpaired) electrons. The summed E-state index contributed by atoms with van der Waals surface area (Å²) in [6, 6.07) is 11.7. The van der Waals surface area contributed by atoms with E-state index < -0.39 is 5.41 Å². The predicted octanol–water partition coefficient (Wildman–Crippen LogP) is 4.00. The van der Waals surface area contributed by atoms with Gasteiger partial charge in [-0.2, -0.15) is 0 Å². The van der Waals surface area contributed by atoms with Gasteiger partial charge in [-0.15, -0.1) is 0 Å². The number of likely N-dealkylation sites (tertiary alicyclic amines) is 1. The Morgan fingerprint density at radius 3 is 2.75 bits per heavy atom. The molecule has 5 rings (SSSR count). The zero-order valence-corrected chi connectivity index (χ0v) is 19.1. The first-order chi connectivity index (χ1) is 15.5. The molecule has 0 aliphatic carbocycles. The first kappa shape index (κ1) is 21.3. The van der Waals surface area contributed by atoms with Gasteiger partial charge < -0.3 is 15.0 Å². The molecule has 0 unspecified atom stereocenters. The molecule has 3 aliphatic heterocycles. The van der Waals surface area contributed by atoms with E-state index in [-0.39, 0.29) is 11.8 Å². The second-order valence-electron chi connectivity index (χ2n) is 8.98. The van der Waals surface area contributed by atoms with E-state index in [1.54, 1.807) is 6.92 Å². The third-order valence-electron chi connectivity index (χ3n) is 7.12. The minimum atomic E-state index is -0.460. The Balaban J connectivity index is 1.17. The maximum absolute atomic E-state index is 12.8. The molecule has 1 N–H and O–H groups in total. The first-order valence-electron chi connectivity index (χ1n) is 11.3. The van der Waals surface area contributed by atoms with E-state index in [0.29, 0.717) is 11.6 Å². The molecule has 32 heavy (non-hydrogen) atoms. The number of ether oxygens (including phenoxy) is 1. The molecule has 2 aromatic rings. The number of carbonyl (C=O) groups is 2. The highest BCUT2D eigenvalue weighted by Gasteiger charge is 2.48. The van der Waals surface area contributed by atoms with Crippen molar-refractivity contribution in [2.75, 3.05) is 43.0 Å². The zero-order valence-electron chi connectivity index (χ0n) is 18.3. The van der Waals surface area contributed by atoms with Crippen LogP contribution in [-0.4, -0.2) is 49.5 Å². The number of hydrogen-bond donors (Lipinski definition) is 1. The van der Waals surface area contributed by atoms with Gasteiger partial charge in [-0.1, -0.05) is 11.6 Å². The highest BCUT2D eigenvalue weighted by molar-refractivity contribution is 6.31. The third-order valence-corrected chi connectivity index (χ3v) is 7.35. The Labute approximate surface area is 193 Å². The largest absolute Gasteiger partial charge is 0.492 e. The highest BCUT2D eigenvalue weighted by Crippen LogP contribution is 2.45. The van der Waals surface area contributed by atoms with Crippen LogP contribution < -0.4 is 15.0 Å². The summed E-state index contributed by atoms with van der Waals surface area (Å²) in [6.45, 7) is 5.51. The van der Waals surface area contributed by atoms with E-state index in [1.165, 1.54) is 5.56 Å². The fourth-order valence-corrected chi connectivity index (χ4v) is 5.50. The Hall–Kier alpha value is -2.57. The summed E-state index contributed by atoms with van der Waals surface area (Å²) in [5.41, 5.74) is 3.66. The molecule has 0 aromatic heterocycles. The molecular weight excluding hydrogens is 426 g/mol. The van der Waals surface area contributed by atoms with Gasteiger partial charge in [-0.25, -0.2) is 0 Å². The van der Waals surface area contributed by atoms with Crippen LogP contribution in [0.4, 0.5) is 11.4 Å². The van der Waals surface area contributed by atoms with Gasteiger partial charge in [0.1, 0.15) is 12.4 Å². The summed E-state index contributed by atoms with van der Waals surface area (Å²) in [6.07, 6.45) is 3.52. The number of halogens is 1. The summed E-state index contributed by atoms with van der Waals surface area (Å²) >= 11 is 6.21. The van der Waals surface area contributed by atoms with Crippen LogP contribution in [0.25, 0.3) is 0 Å². The van der Waals surface area contributed by atoms with Crippen molar-refractivity contribution in [2.24, 2.45) is 0 Å². The SMILES string of the molecule is CC(=O)N1CCCc2cc(OCCN3CCC4(CC3)C(=O)Nc3ccc(Cl)cc34)ccc21. The molecule has 6 nitrogen and oxygen atoms in total. The number of carbonyl (C=O) groups excluding carboxylic acids is 2. The average Bonchev–Trinajstić information content (AvgIpc) is 3.05. The molecule has 0 bridgehead atoms. The van der Waals surface area contributed by atoms with Crippen molar-refractivity contribution in [1.29, 1.82) is 0 Å². The number of fused-ring (bicyclic) bond motifs is 3. The zero-order chi connectivity index (χ0) is 22.3. The number of amides is 2. The Morgan fingerprint density at radius 1 is 1.16 bits per heavy atom. The fraction of sp³-hybridized carbons (Fsp3) is 0.440. The molecule has 3 aliphatic rings. The lowest BCUT2D eigenvalue weighted by molar-refractivity contribution is -0.122. The second-order valence-corrected chi connectivity index (χ2v) is 9.42. The van der Waals surface area contributed by atoms with Crippen molar-refractivity contribution in [3.63, 3.8) is 0 Å². The molecule has 0 atom stereocenters. The van der Waals surface area contributed by atoms with Crippen LogP contribution in [0.2, 0.25) is 5.02 Å². The van der Waals surface area contributed by atoms with E-state index in [4.69, 9.17) is 16.3 Å². The third kappa shape index (κ3) is 3.76. The molecule has 1 saturated heterocycles. The Kier molecular flexibility index (Phi) is 5.59. The lowest BCUT2D eigenvalue weighted by Gasteiger charge is -2.38. The molecule has 3 heterocycles. The number of rotatable bonds is 4. The monoisotopic (exact) mass is 453 g/mol. The van der Waals surface area contributed by atoms with Crippen LogP contribution in [-0.2, 0) is 21.4 Å². The molecule has 0 saturated carbocycles. The summed E-state index contributed by atoms with van der Waals surface area (Å²) in [5, 5.41) is 3.71. The van der Waals surface area contributed by atoms with E-state index in [9.17, 15) is 9.59 Å². The van der Waals surface area contributed by atoms with Gasteiger partial charge in [-0.3, -0.25) is 14.5 Å². The Morgan fingerprint density at radius 2 is 1.97 bits per heavy atom. The van der Waals surface area contributed by atoms with Gasteiger partial charge >= 0.3 is 0 Å². The maximum atomic E-state index is 12.8. The van der Waals surface area contributed by atoms with Crippen molar-refractivity contribution >= 4 is 34.8 Å². The van der Waals surface area contributed by atoms with Crippen molar-refractivity contribution < 1.29 is 14.3 Å². The number of nitrogens with one attached hydrogen (secondary N) is 1. The lowest BCUT2D eigenvalue weighted by atomic mass is 9.73. The molecular formula is C25H28ClN3O3. The minimum absolute atomic E-state index is 0.0864. The fourth-order valence-electron chi connectivity index (χ4n) is 5.32. The number of piperidine rings is 1. The van der Waals surface area contributed by atoms with Gasteiger partial charge in [0.2, 0.25) is 11.8 Å². The normalized spacial score (nSPS) is 19.4. The smallest absolute Gasteiger partial charge is 0.235 e. The molecule has 2 aromatic carbocycles. The number of nitrogens with zero attached hydrogens (tertiary/aromatic N) is 2. The number of aryl methyl sites for hydroxylation is 1. The highest BCUT2D eigenvalue weighted by atomic mass is 35.5. The first-order valence-corrected chi connectivity index (χ1v) is 11.7. The minimum Gasteiger partial charge on any atom is -0.492 e. The van der Waals surface area contributed by atoms with E-state index in [2.05, 4.69) is 16.3 Å². The van der Waals surface area contributed by atoms with Crippen LogP contribution in [0, 0.1) is 0 Å². The van der Waals surface area contributed by atoms with Crippen molar-refractivity contribution in [1.82, 2.24) is 4.90 Å². The molecule has 1 spiro atoms. The van der Waals surface area contributed by atoms with Crippen LogP contribution in [0.3, 0.4) is 0 Å². The quantitative estimate of drug-likeness (QED) is 0.760. The topological polar surface area (TPSA) is 61.9 Å². The summed E-state index contributed by atoms with van der Waals surface area (Å²) in [5.74, 6) is 1.03. The maximum Gasteiger partial charge on any atom is 0.235 e. The average molecular weight is 454 g/mol. The lowest BCUT2D eigenvalue weighted by Crippen LogP contribution is -2.47. The standard InChI is InChI=1S/C25H28ClN3O3/c1-17(30)29-10-2-3-18-15-20(5-7-23(18)29)32-14-13-28-11-8-25(9-12-28)21-16-19(26)4-6-22(21)27-24(25)31/h4-7,15-16H,2-3,8-14H2,1H3,(H,27,31). The van der Waals surface area contributed by atoms with E-state index in [1.807, 2.05) is 35.2 Å². The number of hydrogen-bond acceptors (Lipinski definition) is 4. The second kappa shape index (κ2) is 8.41. The van der Waals surface area contributed by atoms with Crippen molar-refractivity contribution in [3.05, 3.63) is 52.5 Å². The number of anilines is 2. The van der Waals surface area contributed by atoms with Crippen LogP contribution in [0.5, 0.6) is 5.75 Å². The molecule has 7 heteroatoms. The van der Waals surface area contributed by atoms with Crippen LogP contribution in [0.15, 0.2) is 36.4 Å². The molecule has 168 valence electrons. The molecule has 1 fully saturated rings. The van der Waals surface area contributed by atoms with Crippen LogP contribution in [0.1, 0.15) is 37.3 Å². The Bertz CT molecular complexity index is 1060.